The van der Waals surface area contributed by atoms with Crippen molar-refractivity contribution in [2.45, 2.75) is 32.2 Å². The van der Waals surface area contributed by atoms with E-state index in [4.69, 9.17) is 10.5 Å². The number of aromatic nitrogens is 1. The van der Waals surface area contributed by atoms with Crippen molar-refractivity contribution >= 4 is 22.9 Å². The molecule has 1 heterocycles. The van der Waals surface area contributed by atoms with Crippen LogP contribution in [0, 0.1) is 0 Å². The smallest absolute Gasteiger partial charge is 0.205 e. The SMILES string of the molecule is COc1ccc2ccccc2c1/C=C/c1cccc[n+]1CCCCCCN. The normalized spacial score (nSPS) is 11.3. The average molecular weight is 362 g/mol. The van der Waals surface area contributed by atoms with Crippen LogP contribution in [0.15, 0.2) is 60.8 Å². The third-order valence-electron chi connectivity index (χ3n) is 4.90. The Morgan fingerprint density at radius 1 is 0.889 bits per heavy atom. The van der Waals surface area contributed by atoms with Crippen LogP contribution in [0.1, 0.15) is 36.9 Å². The molecule has 2 aromatic carbocycles. The summed E-state index contributed by atoms with van der Waals surface area (Å²) in [5, 5.41) is 2.43. The molecule has 0 amide bonds. The number of pyridine rings is 1. The van der Waals surface area contributed by atoms with E-state index >= 15 is 0 Å². The van der Waals surface area contributed by atoms with E-state index in [1.807, 2.05) is 6.07 Å². The first-order chi connectivity index (χ1) is 13.3. The van der Waals surface area contributed by atoms with E-state index in [9.17, 15) is 0 Å². The molecule has 0 unspecified atom stereocenters. The van der Waals surface area contributed by atoms with Crippen molar-refractivity contribution in [1.82, 2.24) is 0 Å². The molecule has 140 valence electrons. The largest absolute Gasteiger partial charge is 0.496 e. The molecule has 0 fully saturated rings. The molecule has 27 heavy (non-hydrogen) atoms. The van der Waals surface area contributed by atoms with Crippen molar-refractivity contribution in [3.8, 4) is 5.75 Å². The van der Waals surface area contributed by atoms with Crippen LogP contribution in [0.25, 0.3) is 22.9 Å². The molecule has 0 atom stereocenters. The maximum Gasteiger partial charge on any atom is 0.205 e. The molecule has 0 bridgehead atoms. The van der Waals surface area contributed by atoms with Gasteiger partial charge in [-0.3, -0.25) is 0 Å². The summed E-state index contributed by atoms with van der Waals surface area (Å²) in [7, 11) is 1.73. The fraction of sp³-hybridized carbons (Fsp3) is 0.292. The number of hydrogen-bond donors (Lipinski definition) is 1. The minimum absolute atomic E-state index is 0.791. The molecule has 3 aromatic rings. The molecule has 2 N–H and O–H groups in total. The van der Waals surface area contributed by atoms with Crippen LogP contribution in [0.5, 0.6) is 5.75 Å². The summed E-state index contributed by atoms with van der Waals surface area (Å²) in [6, 6.07) is 18.9. The Labute approximate surface area is 162 Å². The zero-order valence-electron chi connectivity index (χ0n) is 16.1. The molecule has 0 saturated carbocycles. The van der Waals surface area contributed by atoms with Gasteiger partial charge < -0.3 is 10.5 Å². The lowest BCUT2D eigenvalue weighted by Gasteiger charge is -2.08. The summed E-state index contributed by atoms with van der Waals surface area (Å²) in [6.07, 6.45) is 11.2. The average Bonchev–Trinajstić information content (AvgIpc) is 2.72. The number of benzene rings is 2. The summed E-state index contributed by atoms with van der Waals surface area (Å²) < 4.78 is 7.92. The highest BCUT2D eigenvalue weighted by Gasteiger charge is 2.09. The second kappa shape index (κ2) is 9.89. The monoisotopic (exact) mass is 361 g/mol. The predicted molar refractivity (Wildman–Crippen MR) is 114 cm³/mol. The first kappa shape index (κ1) is 19.1. The Balaban J connectivity index is 1.83. The van der Waals surface area contributed by atoms with Crippen molar-refractivity contribution in [1.29, 1.82) is 0 Å². The van der Waals surface area contributed by atoms with Crippen molar-refractivity contribution < 1.29 is 9.30 Å². The van der Waals surface area contributed by atoms with Crippen LogP contribution >= 0.6 is 0 Å². The van der Waals surface area contributed by atoms with Gasteiger partial charge in [-0.15, -0.1) is 0 Å². The predicted octanol–water partition coefficient (Wildman–Crippen LogP) is 4.83. The molecule has 3 heteroatoms. The van der Waals surface area contributed by atoms with E-state index < -0.39 is 0 Å². The second-order valence-corrected chi connectivity index (χ2v) is 6.76. The van der Waals surface area contributed by atoms with Crippen LogP contribution in [-0.2, 0) is 6.54 Å². The van der Waals surface area contributed by atoms with Gasteiger partial charge in [-0.25, -0.2) is 0 Å². The molecule has 0 radical (unpaired) electrons. The molecule has 0 saturated heterocycles. The minimum Gasteiger partial charge on any atom is -0.496 e. The summed E-state index contributed by atoms with van der Waals surface area (Å²) in [4.78, 5) is 0. The van der Waals surface area contributed by atoms with Crippen molar-refractivity contribution in [2.24, 2.45) is 5.73 Å². The number of fused-ring (bicyclic) bond motifs is 1. The van der Waals surface area contributed by atoms with Gasteiger partial charge in [0.25, 0.3) is 0 Å². The summed E-state index contributed by atoms with van der Waals surface area (Å²) >= 11 is 0. The lowest BCUT2D eigenvalue weighted by Crippen LogP contribution is -2.36. The highest BCUT2D eigenvalue weighted by Crippen LogP contribution is 2.29. The molecular formula is C24H29N2O+. The lowest BCUT2D eigenvalue weighted by molar-refractivity contribution is -0.699. The lowest BCUT2D eigenvalue weighted by atomic mass is 10.0. The van der Waals surface area contributed by atoms with Crippen LogP contribution in [0.4, 0.5) is 0 Å². The fourth-order valence-corrected chi connectivity index (χ4v) is 3.42. The molecular weight excluding hydrogens is 332 g/mol. The molecule has 3 nitrogen and oxygen atoms in total. The molecule has 0 aliphatic heterocycles. The van der Waals surface area contributed by atoms with Gasteiger partial charge in [0.15, 0.2) is 6.20 Å². The number of aryl methyl sites for hydroxylation is 1. The first-order valence-electron chi connectivity index (χ1n) is 9.76. The van der Waals surface area contributed by atoms with Gasteiger partial charge in [0.05, 0.1) is 7.11 Å². The summed E-state index contributed by atoms with van der Waals surface area (Å²) in [5.74, 6) is 0.897. The molecule has 3 rings (SSSR count). The zero-order chi connectivity index (χ0) is 18.9. The van der Waals surface area contributed by atoms with E-state index in [-0.39, 0.29) is 0 Å². The second-order valence-electron chi connectivity index (χ2n) is 6.76. The van der Waals surface area contributed by atoms with Gasteiger partial charge in [0.1, 0.15) is 12.3 Å². The number of nitrogens with zero attached hydrogens (tertiary/aromatic N) is 1. The molecule has 0 aliphatic rings. The Hall–Kier alpha value is -2.65. The number of hydrogen-bond acceptors (Lipinski definition) is 2. The quantitative estimate of drug-likeness (QED) is 0.438. The van der Waals surface area contributed by atoms with Crippen LogP contribution in [0.3, 0.4) is 0 Å². The number of methoxy groups -OCH3 is 1. The Morgan fingerprint density at radius 3 is 2.56 bits per heavy atom. The fourth-order valence-electron chi connectivity index (χ4n) is 3.42. The zero-order valence-corrected chi connectivity index (χ0v) is 16.1. The Bertz CT molecular complexity index is 902. The number of ether oxygens (including phenoxy) is 1. The van der Waals surface area contributed by atoms with Gasteiger partial charge in [0, 0.05) is 30.2 Å². The third-order valence-corrected chi connectivity index (χ3v) is 4.90. The van der Waals surface area contributed by atoms with Crippen LogP contribution < -0.4 is 15.0 Å². The first-order valence-corrected chi connectivity index (χ1v) is 9.76. The topological polar surface area (TPSA) is 39.1 Å². The van der Waals surface area contributed by atoms with Crippen molar-refractivity contribution in [3.05, 3.63) is 72.1 Å². The summed E-state index contributed by atoms with van der Waals surface area (Å²) in [5.41, 5.74) is 7.90. The maximum atomic E-state index is 5.61. The van der Waals surface area contributed by atoms with E-state index in [1.165, 1.54) is 35.7 Å². The van der Waals surface area contributed by atoms with Gasteiger partial charge in [-0.1, -0.05) is 36.8 Å². The minimum atomic E-state index is 0.791. The van der Waals surface area contributed by atoms with Gasteiger partial charge >= 0.3 is 0 Å². The van der Waals surface area contributed by atoms with E-state index in [0.29, 0.717) is 0 Å². The number of nitrogens with two attached hydrogens (primary N) is 1. The molecule has 0 aliphatic carbocycles. The maximum absolute atomic E-state index is 5.61. The summed E-state index contributed by atoms with van der Waals surface area (Å²) in [6.45, 7) is 1.82. The molecule has 0 spiro atoms. The Morgan fingerprint density at radius 2 is 1.70 bits per heavy atom. The number of unbranched alkanes of at least 4 members (excludes halogenated alkanes) is 3. The van der Waals surface area contributed by atoms with E-state index in [0.717, 1.165) is 30.8 Å². The van der Waals surface area contributed by atoms with Gasteiger partial charge in [-0.2, -0.15) is 4.57 Å². The highest BCUT2D eigenvalue weighted by atomic mass is 16.5. The molecule has 1 aromatic heterocycles. The van der Waals surface area contributed by atoms with Crippen LogP contribution in [-0.4, -0.2) is 13.7 Å². The van der Waals surface area contributed by atoms with E-state index in [2.05, 4.69) is 71.4 Å². The van der Waals surface area contributed by atoms with Crippen LogP contribution in [0.2, 0.25) is 0 Å². The Kier molecular flexibility index (Phi) is 7.00. The van der Waals surface area contributed by atoms with E-state index in [1.54, 1.807) is 7.11 Å². The van der Waals surface area contributed by atoms with Gasteiger partial charge in [-0.05, 0) is 48.4 Å². The number of rotatable bonds is 9. The highest BCUT2D eigenvalue weighted by molar-refractivity contribution is 5.95. The van der Waals surface area contributed by atoms with Crippen molar-refractivity contribution in [3.63, 3.8) is 0 Å². The standard InChI is InChI=1S/C24H29N2O/c1-27-24-16-13-20-10-4-5-12-22(20)23(24)15-14-21-11-6-9-19-26(21)18-8-3-2-7-17-25/h4-6,9-16,19H,2-3,7-8,17-18,25H2,1H3/q+1/b15-14+. The van der Waals surface area contributed by atoms with Gasteiger partial charge in [0.2, 0.25) is 5.69 Å². The van der Waals surface area contributed by atoms with Crippen molar-refractivity contribution in [2.75, 3.05) is 13.7 Å². The third kappa shape index (κ3) is 4.95.